The van der Waals surface area contributed by atoms with Crippen LogP contribution >= 0.6 is 0 Å². The molecule has 15 heavy (non-hydrogen) atoms. The average Bonchev–Trinajstić information content (AvgIpc) is 2.49. The quantitative estimate of drug-likeness (QED) is 0.551. The highest BCUT2D eigenvalue weighted by Crippen LogP contribution is 2.27. The molecule has 0 unspecified atom stereocenters. The first-order valence-corrected chi connectivity index (χ1v) is 5.82. The van der Waals surface area contributed by atoms with Crippen molar-refractivity contribution in [2.24, 2.45) is 0 Å². The SMILES string of the molecule is Cc1c(C=O)cnn1C1CCCCCC1. The second-order valence-corrected chi connectivity index (χ2v) is 4.39. The number of carbonyl (C=O) groups is 1. The maximum absolute atomic E-state index is 10.7. The largest absolute Gasteiger partial charge is 0.298 e. The normalized spacial score (nSPS) is 18.7. The van der Waals surface area contributed by atoms with E-state index in [0.717, 1.165) is 17.5 Å². The smallest absolute Gasteiger partial charge is 0.153 e. The summed E-state index contributed by atoms with van der Waals surface area (Å²) in [7, 11) is 0. The molecule has 2 rings (SSSR count). The second-order valence-electron chi connectivity index (χ2n) is 4.39. The molecule has 0 aliphatic heterocycles. The third-order valence-corrected chi connectivity index (χ3v) is 3.38. The zero-order valence-electron chi connectivity index (χ0n) is 9.28. The number of hydrogen-bond acceptors (Lipinski definition) is 2. The van der Waals surface area contributed by atoms with Crippen molar-refractivity contribution in [3.05, 3.63) is 17.5 Å². The third-order valence-electron chi connectivity index (χ3n) is 3.38. The molecule has 1 aromatic rings. The van der Waals surface area contributed by atoms with Gasteiger partial charge in [0.2, 0.25) is 0 Å². The van der Waals surface area contributed by atoms with Gasteiger partial charge in [0.15, 0.2) is 6.29 Å². The molecule has 0 bridgehead atoms. The number of nitrogens with zero attached hydrogens (tertiary/aromatic N) is 2. The van der Waals surface area contributed by atoms with Gasteiger partial charge in [-0.3, -0.25) is 9.48 Å². The molecule has 0 amide bonds. The van der Waals surface area contributed by atoms with E-state index in [9.17, 15) is 4.79 Å². The van der Waals surface area contributed by atoms with E-state index in [1.165, 1.54) is 38.5 Å². The first-order chi connectivity index (χ1) is 7.33. The van der Waals surface area contributed by atoms with Gasteiger partial charge in [-0.05, 0) is 19.8 Å². The highest BCUT2D eigenvalue weighted by molar-refractivity contribution is 5.75. The monoisotopic (exact) mass is 206 g/mol. The van der Waals surface area contributed by atoms with Crippen molar-refractivity contribution in [1.29, 1.82) is 0 Å². The van der Waals surface area contributed by atoms with Gasteiger partial charge >= 0.3 is 0 Å². The summed E-state index contributed by atoms with van der Waals surface area (Å²) in [5.41, 5.74) is 1.76. The van der Waals surface area contributed by atoms with Gasteiger partial charge in [0.25, 0.3) is 0 Å². The zero-order valence-corrected chi connectivity index (χ0v) is 9.28. The van der Waals surface area contributed by atoms with Crippen LogP contribution in [0.25, 0.3) is 0 Å². The predicted octanol–water partition coefficient (Wildman–Crippen LogP) is 2.90. The lowest BCUT2D eigenvalue weighted by atomic mass is 10.1. The van der Waals surface area contributed by atoms with Crippen LogP contribution in [0.3, 0.4) is 0 Å². The molecule has 3 nitrogen and oxygen atoms in total. The minimum Gasteiger partial charge on any atom is -0.298 e. The Balaban J connectivity index is 2.19. The average molecular weight is 206 g/mol. The van der Waals surface area contributed by atoms with Crippen molar-refractivity contribution in [3.63, 3.8) is 0 Å². The van der Waals surface area contributed by atoms with E-state index < -0.39 is 0 Å². The van der Waals surface area contributed by atoms with Crippen LogP contribution in [0.2, 0.25) is 0 Å². The molecule has 3 heteroatoms. The van der Waals surface area contributed by atoms with E-state index in [1.54, 1.807) is 6.20 Å². The molecule has 1 fully saturated rings. The number of aromatic nitrogens is 2. The molecule has 1 aliphatic carbocycles. The van der Waals surface area contributed by atoms with Crippen molar-refractivity contribution in [2.75, 3.05) is 0 Å². The maximum Gasteiger partial charge on any atom is 0.153 e. The molecule has 0 N–H and O–H groups in total. The van der Waals surface area contributed by atoms with Gasteiger partial charge in [-0.25, -0.2) is 0 Å². The van der Waals surface area contributed by atoms with Gasteiger partial charge in [0, 0.05) is 5.69 Å². The number of hydrogen-bond donors (Lipinski definition) is 0. The Morgan fingerprint density at radius 2 is 2.00 bits per heavy atom. The summed E-state index contributed by atoms with van der Waals surface area (Å²) >= 11 is 0. The van der Waals surface area contributed by atoms with Gasteiger partial charge in [-0.2, -0.15) is 5.10 Å². The fourth-order valence-electron chi connectivity index (χ4n) is 2.42. The van der Waals surface area contributed by atoms with Crippen LogP contribution < -0.4 is 0 Å². The van der Waals surface area contributed by atoms with Crippen molar-refractivity contribution in [2.45, 2.75) is 51.5 Å². The van der Waals surface area contributed by atoms with Gasteiger partial charge in [0.1, 0.15) is 0 Å². The molecular formula is C12H18N2O. The molecule has 0 saturated heterocycles. The van der Waals surface area contributed by atoms with E-state index in [0.29, 0.717) is 6.04 Å². The minimum atomic E-state index is 0.515. The minimum absolute atomic E-state index is 0.515. The molecule has 0 atom stereocenters. The van der Waals surface area contributed by atoms with E-state index in [1.807, 2.05) is 6.92 Å². The standard InChI is InChI=1S/C12H18N2O/c1-10-11(9-15)8-13-14(10)12-6-4-2-3-5-7-12/h8-9,12H,2-7H2,1H3. The lowest BCUT2D eigenvalue weighted by Gasteiger charge is -2.16. The molecule has 0 spiro atoms. The van der Waals surface area contributed by atoms with Crippen molar-refractivity contribution in [1.82, 2.24) is 9.78 Å². The number of aldehydes is 1. The molecular weight excluding hydrogens is 188 g/mol. The van der Waals surface area contributed by atoms with Crippen LogP contribution in [-0.4, -0.2) is 16.1 Å². The van der Waals surface area contributed by atoms with Crippen LogP contribution in [0, 0.1) is 6.92 Å². The highest BCUT2D eigenvalue weighted by Gasteiger charge is 2.17. The Morgan fingerprint density at radius 3 is 2.53 bits per heavy atom. The molecule has 1 aromatic heterocycles. The fraction of sp³-hybridized carbons (Fsp3) is 0.667. The van der Waals surface area contributed by atoms with Gasteiger partial charge in [-0.15, -0.1) is 0 Å². The predicted molar refractivity (Wildman–Crippen MR) is 59.1 cm³/mol. The Labute approximate surface area is 90.5 Å². The van der Waals surface area contributed by atoms with Crippen molar-refractivity contribution in [3.8, 4) is 0 Å². The van der Waals surface area contributed by atoms with E-state index in [2.05, 4.69) is 9.78 Å². The summed E-state index contributed by atoms with van der Waals surface area (Å²) in [5.74, 6) is 0. The lowest BCUT2D eigenvalue weighted by Crippen LogP contribution is -2.11. The summed E-state index contributed by atoms with van der Waals surface area (Å²) in [4.78, 5) is 10.7. The Morgan fingerprint density at radius 1 is 1.33 bits per heavy atom. The topological polar surface area (TPSA) is 34.9 Å². The van der Waals surface area contributed by atoms with Gasteiger partial charge < -0.3 is 0 Å². The van der Waals surface area contributed by atoms with Crippen LogP contribution in [0.5, 0.6) is 0 Å². The first kappa shape index (κ1) is 10.4. The Bertz CT molecular complexity index is 335. The van der Waals surface area contributed by atoms with Crippen LogP contribution in [0.1, 0.15) is 60.6 Å². The van der Waals surface area contributed by atoms with Crippen LogP contribution in [0.4, 0.5) is 0 Å². The summed E-state index contributed by atoms with van der Waals surface area (Å²) in [6.07, 6.45) is 10.3. The lowest BCUT2D eigenvalue weighted by molar-refractivity contribution is 0.112. The van der Waals surface area contributed by atoms with Crippen molar-refractivity contribution >= 4 is 6.29 Å². The Kier molecular flexibility index (Phi) is 3.19. The van der Waals surface area contributed by atoms with E-state index in [-0.39, 0.29) is 0 Å². The molecule has 0 aromatic carbocycles. The molecule has 1 aliphatic rings. The Hall–Kier alpha value is -1.12. The van der Waals surface area contributed by atoms with Gasteiger partial charge in [-0.1, -0.05) is 25.7 Å². The van der Waals surface area contributed by atoms with Crippen LogP contribution in [-0.2, 0) is 0 Å². The third kappa shape index (κ3) is 2.11. The zero-order chi connectivity index (χ0) is 10.7. The van der Waals surface area contributed by atoms with E-state index >= 15 is 0 Å². The molecule has 1 heterocycles. The molecule has 0 radical (unpaired) electrons. The molecule has 1 saturated carbocycles. The van der Waals surface area contributed by atoms with E-state index in [4.69, 9.17) is 0 Å². The fourth-order valence-corrected chi connectivity index (χ4v) is 2.42. The maximum atomic E-state index is 10.7. The number of rotatable bonds is 2. The first-order valence-electron chi connectivity index (χ1n) is 5.82. The second kappa shape index (κ2) is 4.60. The van der Waals surface area contributed by atoms with Gasteiger partial charge in [0.05, 0.1) is 17.8 Å². The summed E-state index contributed by atoms with van der Waals surface area (Å²) in [6, 6.07) is 0.515. The summed E-state index contributed by atoms with van der Waals surface area (Å²) in [5, 5.41) is 4.34. The van der Waals surface area contributed by atoms with Crippen molar-refractivity contribution < 1.29 is 4.79 Å². The highest BCUT2D eigenvalue weighted by atomic mass is 16.1. The number of carbonyl (C=O) groups excluding carboxylic acids is 1. The summed E-state index contributed by atoms with van der Waals surface area (Å²) in [6.45, 7) is 1.99. The molecule has 82 valence electrons. The summed E-state index contributed by atoms with van der Waals surface area (Å²) < 4.78 is 2.05. The van der Waals surface area contributed by atoms with Crippen LogP contribution in [0.15, 0.2) is 6.20 Å².